The number of hydrogen-bond acceptors (Lipinski definition) is 5. The van der Waals surface area contributed by atoms with Gasteiger partial charge in [0.25, 0.3) is 0 Å². The van der Waals surface area contributed by atoms with E-state index in [4.69, 9.17) is 5.73 Å². The van der Waals surface area contributed by atoms with Gasteiger partial charge in [0.2, 0.25) is 0 Å². The molecule has 0 radical (unpaired) electrons. The van der Waals surface area contributed by atoms with Crippen LogP contribution in [0.1, 0.15) is 25.8 Å². The van der Waals surface area contributed by atoms with E-state index < -0.39 is 0 Å². The monoisotopic (exact) mass is 259 g/mol. The number of rotatable bonds is 3. The van der Waals surface area contributed by atoms with Crippen LogP contribution >= 0.6 is 23.1 Å². The van der Waals surface area contributed by atoms with Crippen molar-refractivity contribution in [3.05, 3.63) is 5.01 Å². The van der Waals surface area contributed by atoms with Crippen LogP contribution in [0.15, 0.2) is 9.33 Å². The Morgan fingerprint density at radius 1 is 1.50 bits per heavy atom. The maximum absolute atomic E-state index is 5.74. The molecule has 16 heavy (non-hydrogen) atoms. The molecule has 90 valence electrons. The van der Waals surface area contributed by atoms with E-state index in [9.17, 15) is 0 Å². The molecule has 1 heterocycles. The fraction of sp³-hybridized carbons (Fsp3) is 0.667. The second kappa shape index (κ2) is 5.49. The topological polar surface area (TPSA) is 76.2 Å². The lowest BCUT2D eigenvalue weighted by molar-refractivity contribution is 0.508. The van der Waals surface area contributed by atoms with Crippen molar-refractivity contribution >= 4 is 29.1 Å². The zero-order chi connectivity index (χ0) is 12.2. The lowest BCUT2D eigenvalue weighted by Gasteiger charge is -2.20. The third-order valence-electron chi connectivity index (χ3n) is 1.51. The summed E-state index contributed by atoms with van der Waals surface area (Å²) in [6.07, 6.45) is 1.98. The molecule has 0 aromatic carbocycles. The Hall–Kier alpha value is -0.820. The smallest absolute Gasteiger partial charge is 0.189 e. The molecular weight excluding hydrogens is 242 g/mol. The molecule has 1 aromatic rings. The standard InChI is InChI=1S/C9H17N5S2/c1-9(2,3)12-7(10)11-5-6-13-14-8(15-4)16-6/h5H2,1-4H3,(H3,10,11,12). The van der Waals surface area contributed by atoms with Gasteiger partial charge in [-0.2, -0.15) is 0 Å². The molecule has 0 saturated heterocycles. The normalized spacial score (nSPS) is 12.9. The largest absolute Gasteiger partial charge is 0.370 e. The van der Waals surface area contributed by atoms with Gasteiger partial charge in [-0.05, 0) is 27.0 Å². The van der Waals surface area contributed by atoms with Crippen LogP contribution in [0.25, 0.3) is 0 Å². The molecule has 0 spiro atoms. The highest BCUT2D eigenvalue weighted by molar-refractivity contribution is 8.00. The lowest BCUT2D eigenvalue weighted by atomic mass is 10.1. The van der Waals surface area contributed by atoms with Gasteiger partial charge in [0.1, 0.15) is 5.01 Å². The molecule has 0 bridgehead atoms. The maximum Gasteiger partial charge on any atom is 0.189 e. The average Bonchev–Trinajstić information content (AvgIpc) is 2.59. The molecule has 5 nitrogen and oxygen atoms in total. The number of nitrogens with two attached hydrogens (primary N) is 1. The second-order valence-electron chi connectivity index (χ2n) is 4.24. The minimum atomic E-state index is -0.0703. The van der Waals surface area contributed by atoms with Gasteiger partial charge >= 0.3 is 0 Å². The molecule has 0 atom stereocenters. The summed E-state index contributed by atoms with van der Waals surface area (Å²) in [6, 6.07) is 0. The van der Waals surface area contributed by atoms with Crippen LogP contribution in [0.5, 0.6) is 0 Å². The Morgan fingerprint density at radius 2 is 2.19 bits per heavy atom. The Kier molecular flexibility index (Phi) is 4.55. The molecule has 3 N–H and O–H groups in total. The minimum absolute atomic E-state index is 0.0703. The number of aromatic nitrogens is 2. The zero-order valence-corrected chi connectivity index (χ0v) is 11.6. The van der Waals surface area contributed by atoms with E-state index in [1.54, 1.807) is 23.1 Å². The SMILES string of the molecule is CSc1nnc(CN=C(N)NC(C)(C)C)s1. The summed E-state index contributed by atoms with van der Waals surface area (Å²) in [6.45, 7) is 6.58. The molecule has 1 aromatic heterocycles. The molecule has 0 saturated carbocycles. The van der Waals surface area contributed by atoms with E-state index >= 15 is 0 Å². The first kappa shape index (κ1) is 13.2. The van der Waals surface area contributed by atoms with Gasteiger partial charge in [-0.15, -0.1) is 10.2 Å². The van der Waals surface area contributed by atoms with Crippen LogP contribution in [0.3, 0.4) is 0 Å². The summed E-state index contributed by atoms with van der Waals surface area (Å²) in [5.41, 5.74) is 5.67. The van der Waals surface area contributed by atoms with E-state index in [1.807, 2.05) is 27.0 Å². The van der Waals surface area contributed by atoms with Crippen LogP contribution in [-0.4, -0.2) is 28.0 Å². The lowest BCUT2D eigenvalue weighted by Crippen LogP contribution is -2.44. The predicted molar refractivity (Wildman–Crippen MR) is 69.9 cm³/mol. The van der Waals surface area contributed by atoms with Gasteiger partial charge in [0, 0.05) is 5.54 Å². The Balaban J connectivity index is 2.52. The molecule has 0 fully saturated rings. The molecule has 7 heteroatoms. The van der Waals surface area contributed by atoms with Crippen molar-refractivity contribution in [3.63, 3.8) is 0 Å². The van der Waals surface area contributed by atoms with E-state index in [0.717, 1.165) is 9.35 Å². The third kappa shape index (κ3) is 4.80. The Bertz CT molecular complexity index is 366. The van der Waals surface area contributed by atoms with Gasteiger partial charge in [-0.3, -0.25) is 0 Å². The van der Waals surface area contributed by atoms with E-state index in [1.165, 1.54) is 0 Å². The van der Waals surface area contributed by atoms with Crippen molar-refractivity contribution in [1.29, 1.82) is 0 Å². The summed E-state index contributed by atoms with van der Waals surface area (Å²) < 4.78 is 0.951. The van der Waals surface area contributed by atoms with E-state index in [-0.39, 0.29) is 5.54 Å². The van der Waals surface area contributed by atoms with Crippen LogP contribution in [0.2, 0.25) is 0 Å². The molecule has 0 aliphatic heterocycles. The number of guanidine groups is 1. The number of nitrogens with one attached hydrogen (secondary N) is 1. The number of hydrogen-bond donors (Lipinski definition) is 2. The number of thioether (sulfide) groups is 1. The van der Waals surface area contributed by atoms with Crippen LogP contribution in [0, 0.1) is 0 Å². The van der Waals surface area contributed by atoms with Crippen molar-refractivity contribution in [2.24, 2.45) is 10.7 Å². The molecule has 0 aliphatic rings. The van der Waals surface area contributed by atoms with E-state index in [2.05, 4.69) is 20.5 Å². The molecule has 1 rings (SSSR count). The second-order valence-corrected chi connectivity index (χ2v) is 6.36. The fourth-order valence-corrected chi connectivity index (χ4v) is 2.20. The van der Waals surface area contributed by atoms with Crippen molar-refractivity contribution in [2.45, 2.75) is 37.2 Å². The highest BCUT2D eigenvalue weighted by atomic mass is 32.2. The van der Waals surface area contributed by atoms with Crippen molar-refractivity contribution in [2.75, 3.05) is 6.26 Å². The average molecular weight is 259 g/mol. The summed E-state index contributed by atoms with van der Waals surface area (Å²) in [5.74, 6) is 0.438. The third-order valence-corrected chi connectivity index (χ3v) is 3.39. The molecule has 0 aliphatic carbocycles. The highest BCUT2D eigenvalue weighted by Crippen LogP contribution is 2.19. The predicted octanol–water partition coefficient (Wildman–Crippen LogP) is 1.46. The molecular formula is C9H17N5S2. The first-order valence-electron chi connectivity index (χ1n) is 4.85. The highest BCUT2D eigenvalue weighted by Gasteiger charge is 2.10. The first-order chi connectivity index (χ1) is 7.40. The van der Waals surface area contributed by atoms with Gasteiger partial charge in [0.05, 0.1) is 6.54 Å². The van der Waals surface area contributed by atoms with Gasteiger partial charge in [-0.1, -0.05) is 23.1 Å². The van der Waals surface area contributed by atoms with E-state index in [0.29, 0.717) is 12.5 Å². The molecule has 0 unspecified atom stereocenters. The summed E-state index contributed by atoms with van der Waals surface area (Å²) in [4.78, 5) is 4.21. The first-order valence-corrected chi connectivity index (χ1v) is 6.89. The quantitative estimate of drug-likeness (QED) is 0.488. The van der Waals surface area contributed by atoms with Crippen LogP contribution < -0.4 is 11.1 Å². The summed E-state index contributed by atoms with van der Waals surface area (Å²) >= 11 is 3.13. The zero-order valence-electron chi connectivity index (χ0n) is 9.94. The summed E-state index contributed by atoms with van der Waals surface area (Å²) in [7, 11) is 0. The van der Waals surface area contributed by atoms with Gasteiger partial charge in [-0.25, -0.2) is 4.99 Å². The Labute approximate surface area is 104 Å². The molecule has 0 amide bonds. The van der Waals surface area contributed by atoms with Crippen LogP contribution in [0.4, 0.5) is 0 Å². The van der Waals surface area contributed by atoms with Crippen molar-refractivity contribution in [3.8, 4) is 0 Å². The number of nitrogens with zero attached hydrogens (tertiary/aromatic N) is 3. The number of aliphatic imine (C=N–C) groups is 1. The van der Waals surface area contributed by atoms with Crippen LogP contribution in [-0.2, 0) is 6.54 Å². The Morgan fingerprint density at radius 3 is 2.69 bits per heavy atom. The van der Waals surface area contributed by atoms with Gasteiger partial charge in [0.15, 0.2) is 10.3 Å². The fourth-order valence-electron chi connectivity index (χ4n) is 0.961. The van der Waals surface area contributed by atoms with Gasteiger partial charge < -0.3 is 11.1 Å². The summed E-state index contributed by atoms with van der Waals surface area (Å²) in [5, 5.41) is 12.0. The maximum atomic E-state index is 5.74. The minimum Gasteiger partial charge on any atom is -0.370 e. The van der Waals surface area contributed by atoms with Crippen molar-refractivity contribution < 1.29 is 0 Å². The van der Waals surface area contributed by atoms with Crippen molar-refractivity contribution in [1.82, 2.24) is 15.5 Å².